The Balaban J connectivity index is 1.95. The number of nitrogen functional groups attached to an aromatic ring is 1. The predicted octanol–water partition coefficient (Wildman–Crippen LogP) is 3.24. The van der Waals surface area contributed by atoms with Crippen LogP contribution in [0, 0.1) is 0 Å². The number of hydrogen-bond acceptors (Lipinski definition) is 4. The van der Waals surface area contributed by atoms with E-state index in [2.05, 4.69) is 0 Å². The molecule has 0 atom stereocenters. The molecule has 1 amide bonds. The number of carbonyl (C=O) groups excluding carboxylic acids is 2. The first-order valence-electron chi connectivity index (χ1n) is 7.99. The number of nitrogens with two attached hydrogens (primary N) is 1. The first-order chi connectivity index (χ1) is 11.6. The monoisotopic (exact) mass is 324 g/mol. The zero-order chi connectivity index (χ0) is 17.1. The predicted molar refractivity (Wildman–Crippen MR) is 93.8 cm³/mol. The van der Waals surface area contributed by atoms with Crippen molar-refractivity contribution < 1.29 is 14.3 Å². The molecular weight excluding hydrogens is 304 g/mol. The molecule has 0 spiro atoms. The molecule has 124 valence electrons. The molecule has 0 bridgehead atoms. The van der Waals surface area contributed by atoms with E-state index in [9.17, 15) is 9.59 Å². The van der Waals surface area contributed by atoms with Gasteiger partial charge in [0.25, 0.3) is 0 Å². The van der Waals surface area contributed by atoms with Crippen LogP contribution in [0.25, 0.3) is 11.1 Å². The van der Waals surface area contributed by atoms with Crippen LogP contribution >= 0.6 is 0 Å². The molecule has 5 nitrogen and oxygen atoms in total. The minimum absolute atomic E-state index is 0.160. The Morgan fingerprint density at radius 2 is 1.88 bits per heavy atom. The standard InChI is InChI=1S/C19H20N2O3/c1-24-19(23)16-10-7-14(20)12-17(16)13-5-8-15(9-6-13)21-11-3-2-4-18(21)22/h5-10,12H,2-4,11,20H2,1H3. The molecule has 1 saturated heterocycles. The van der Waals surface area contributed by atoms with Crippen LogP contribution in [-0.4, -0.2) is 25.5 Å². The topological polar surface area (TPSA) is 72.6 Å². The molecule has 2 N–H and O–H groups in total. The van der Waals surface area contributed by atoms with E-state index in [1.807, 2.05) is 29.2 Å². The van der Waals surface area contributed by atoms with Crippen molar-refractivity contribution in [2.24, 2.45) is 0 Å². The Labute approximate surface area is 141 Å². The van der Waals surface area contributed by atoms with Crippen LogP contribution < -0.4 is 10.6 Å². The Bertz CT molecular complexity index is 769. The van der Waals surface area contributed by atoms with Crippen molar-refractivity contribution in [1.29, 1.82) is 0 Å². The third-order valence-corrected chi connectivity index (χ3v) is 4.26. The Morgan fingerprint density at radius 1 is 1.12 bits per heavy atom. The van der Waals surface area contributed by atoms with Crippen LogP contribution in [0.3, 0.4) is 0 Å². The molecule has 0 saturated carbocycles. The summed E-state index contributed by atoms with van der Waals surface area (Å²) in [4.78, 5) is 25.8. The number of esters is 1. The molecule has 1 aliphatic rings. The average molecular weight is 324 g/mol. The molecule has 1 heterocycles. The summed E-state index contributed by atoms with van der Waals surface area (Å²) in [5, 5.41) is 0. The number of piperidine rings is 1. The highest BCUT2D eigenvalue weighted by molar-refractivity contribution is 5.98. The highest BCUT2D eigenvalue weighted by atomic mass is 16.5. The second kappa shape index (κ2) is 6.74. The average Bonchev–Trinajstić information content (AvgIpc) is 2.61. The lowest BCUT2D eigenvalue weighted by Crippen LogP contribution is -2.35. The molecule has 24 heavy (non-hydrogen) atoms. The largest absolute Gasteiger partial charge is 0.465 e. The van der Waals surface area contributed by atoms with E-state index >= 15 is 0 Å². The number of carbonyl (C=O) groups is 2. The van der Waals surface area contributed by atoms with E-state index in [1.165, 1.54) is 7.11 Å². The van der Waals surface area contributed by atoms with Crippen LogP contribution in [0.1, 0.15) is 29.6 Å². The smallest absolute Gasteiger partial charge is 0.338 e. The molecule has 0 aromatic heterocycles. The molecule has 1 fully saturated rings. The minimum atomic E-state index is -0.403. The number of amides is 1. The van der Waals surface area contributed by atoms with Gasteiger partial charge in [-0.3, -0.25) is 4.79 Å². The van der Waals surface area contributed by atoms with Crippen molar-refractivity contribution >= 4 is 23.3 Å². The number of benzene rings is 2. The number of anilines is 2. The van der Waals surface area contributed by atoms with Gasteiger partial charge in [0, 0.05) is 24.3 Å². The molecule has 0 aliphatic carbocycles. The van der Waals surface area contributed by atoms with Crippen LogP contribution in [0.2, 0.25) is 0 Å². The van der Waals surface area contributed by atoms with Crippen LogP contribution in [-0.2, 0) is 9.53 Å². The van der Waals surface area contributed by atoms with Crippen LogP contribution in [0.4, 0.5) is 11.4 Å². The lowest BCUT2D eigenvalue weighted by atomic mass is 9.98. The summed E-state index contributed by atoms with van der Waals surface area (Å²) in [6.07, 6.45) is 2.58. The molecule has 1 aliphatic heterocycles. The van der Waals surface area contributed by atoms with Gasteiger partial charge in [0.1, 0.15) is 0 Å². The van der Waals surface area contributed by atoms with E-state index < -0.39 is 5.97 Å². The maximum atomic E-state index is 12.0. The van der Waals surface area contributed by atoms with Crippen molar-refractivity contribution in [2.75, 3.05) is 24.3 Å². The number of ether oxygens (including phenoxy) is 1. The highest BCUT2D eigenvalue weighted by Crippen LogP contribution is 2.29. The molecule has 5 heteroatoms. The second-order valence-electron chi connectivity index (χ2n) is 5.85. The van der Waals surface area contributed by atoms with E-state index in [1.54, 1.807) is 18.2 Å². The van der Waals surface area contributed by atoms with Gasteiger partial charge in [-0.2, -0.15) is 0 Å². The van der Waals surface area contributed by atoms with Gasteiger partial charge in [-0.15, -0.1) is 0 Å². The van der Waals surface area contributed by atoms with Crippen molar-refractivity contribution in [2.45, 2.75) is 19.3 Å². The number of nitrogens with zero attached hydrogens (tertiary/aromatic N) is 1. The van der Waals surface area contributed by atoms with Crippen molar-refractivity contribution in [3.8, 4) is 11.1 Å². The number of hydrogen-bond donors (Lipinski definition) is 1. The lowest BCUT2D eigenvalue weighted by molar-refractivity contribution is -0.119. The molecule has 3 rings (SSSR count). The summed E-state index contributed by atoms with van der Waals surface area (Å²) >= 11 is 0. The van der Waals surface area contributed by atoms with E-state index in [-0.39, 0.29) is 5.91 Å². The van der Waals surface area contributed by atoms with Gasteiger partial charge in [-0.05, 0) is 54.3 Å². The lowest BCUT2D eigenvalue weighted by Gasteiger charge is -2.27. The van der Waals surface area contributed by atoms with Gasteiger partial charge in [0.2, 0.25) is 5.91 Å². The summed E-state index contributed by atoms with van der Waals surface area (Å²) in [5.74, 6) is -0.242. The maximum Gasteiger partial charge on any atom is 0.338 e. The first-order valence-corrected chi connectivity index (χ1v) is 7.99. The van der Waals surface area contributed by atoms with E-state index in [0.717, 1.165) is 36.2 Å². The van der Waals surface area contributed by atoms with Gasteiger partial charge in [-0.25, -0.2) is 4.79 Å². The summed E-state index contributed by atoms with van der Waals surface area (Å²) in [7, 11) is 1.35. The van der Waals surface area contributed by atoms with E-state index in [4.69, 9.17) is 10.5 Å². The molecule has 0 radical (unpaired) electrons. The van der Waals surface area contributed by atoms with Crippen LogP contribution in [0.5, 0.6) is 0 Å². The van der Waals surface area contributed by atoms with Crippen molar-refractivity contribution in [3.05, 3.63) is 48.0 Å². The Kier molecular flexibility index (Phi) is 4.51. The summed E-state index contributed by atoms with van der Waals surface area (Å²) in [6.45, 7) is 0.754. The fourth-order valence-corrected chi connectivity index (χ4v) is 2.99. The van der Waals surface area contributed by atoms with Gasteiger partial charge in [-0.1, -0.05) is 12.1 Å². The van der Waals surface area contributed by atoms with Gasteiger partial charge >= 0.3 is 5.97 Å². The van der Waals surface area contributed by atoms with Gasteiger partial charge < -0.3 is 15.4 Å². The maximum absolute atomic E-state index is 12.0. The molecular formula is C19H20N2O3. The third kappa shape index (κ3) is 3.11. The number of rotatable bonds is 3. The van der Waals surface area contributed by atoms with E-state index in [0.29, 0.717) is 17.7 Å². The first kappa shape index (κ1) is 16.1. The van der Waals surface area contributed by atoms with Gasteiger partial charge in [0.05, 0.1) is 12.7 Å². The SMILES string of the molecule is COC(=O)c1ccc(N)cc1-c1ccc(N2CCCCC2=O)cc1. The molecule has 2 aromatic carbocycles. The Morgan fingerprint density at radius 3 is 2.54 bits per heavy atom. The summed E-state index contributed by atoms with van der Waals surface area (Å²) < 4.78 is 4.84. The highest BCUT2D eigenvalue weighted by Gasteiger charge is 2.20. The Hall–Kier alpha value is -2.82. The van der Waals surface area contributed by atoms with Gasteiger partial charge in [0.15, 0.2) is 0 Å². The second-order valence-corrected chi connectivity index (χ2v) is 5.85. The molecule has 2 aromatic rings. The quantitative estimate of drug-likeness (QED) is 0.695. The molecule has 0 unspecified atom stereocenters. The minimum Gasteiger partial charge on any atom is -0.465 e. The summed E-state index contributed by atoms with van der Waals surface area (Å²) in [5.41, 5.74) is 9.37. The summed E-state index contributed by atoms with van der Waals surface area (Å²) in [6, 6.07) is 12.7. The number of methoxy groups -OCH3 is 1. The fourth-order valence-electron chi connectivity index (χ4n) is 2.99. The third-order valence-electron chi connectivity index (χ3n) is 4.26. The zero-order valence-electron chi connectivity index (χ0n) is 13.6. The fraction of sp³-hybridized carbons (Fsp3) is 0.263. The normalized spacial score (nSPS) is 14.5. The van der Waals surface area contributed by atoms with Crippen molar-refractivity contribution in [1.82, 2.24) is 0 Å². The van der Waals surface area contributed by atoms with Crippen molar-refractivity contribution in [3.63, 3.8) is 0 Å². The van der Waals surface area contributed by atoms with Crippen LogP contribution in [0.15, 0.2) is 42.5 Å². The zero-order valence-corrected chi connectivity index (χ0v) is 13.6.